The maximum Gasteiger partial charge on any atom is 0.102 e. The summed E-state index contributed by atoms with van der Waals surface area (Å²) in [6.07, 6.45) is 5.66. The van der Waals surface area contributed by atoms with Crippen LogP contribution in [0.4, 0.5) is 0 Å². The van der Waals surface area contributed by atoms with E-state index in [0.29, 0.717) is 6.10 Å². The quantitative estimate of drug-likeness (QED) is 0.738. The van der Waals surface area contributed by atoms with Gasteiger partial charge in [-0.1, -0.05) is 12.1 Å². The first-order chi connectivity index (χ1) is 8.08. The minimum atomic E-state index is 0.361. The van der Waals surface area contributed by atoms with Crippen LogP contribution in [0.5, 0.6) is 0 Å². The summed E-state index contributed by atoms with van der Waals surface area (Å²) in [7, 11) is 0. The molecular weight excluding hydrogens is 208 g/mol. The van der Waals surface area contributed by atoms with Crippen LogP contribution < -0.4 is 0 Å². The third-order valence-electron chi connectivity index (χ3n) is 3.94. The molecule has 92 valence electrons. The van der Waals surface area contributed by atoms with Gasteiger partial charge >= 0.3 is 0 Å². The molecule has 0 N–H and O–H groups in total. The standard InChI is InChI=1S/C16H22O/c1-11-5-8-16(17-10-11)9-15-7-6-12(2)13(3)14(15)4/h6-7,10,16H,5,8-9H2,1-4H3. The average molecular weight is 230 g/mol. The monoisotopic (exact) mass is 230 g/mol. The molecule has 1 aromatic rings. The van der Waals surface area contributed by atoms with Gasteiger partial charge in [-0.15, -0.1) is 0 Å². The second kappa shape index (κ2) is 4.95. The second-order valence-electron chi connectivity index (χ2n) is 5.26. The van der Waals surface area contributed by atoms with Crippen LogP contribution in [-0.2, 0) is 11.2 Å². The molecule has 0 bridgehead atoms. The lowest BCUT2D eigenvalue weighted by Crippen LogP contribution is -2.17. The minimum Gasteiger partial charge on any atom is -0.498 e. The van der Waals surface area contributed by atoms with Gasteiger partial charge in [0.1, 0.15) is 6.10 Å². The fraction of sp³-hybridized carbons (Fsp3) is 0.500. The van der Waals surface area contributed by atoms with Crippen molar-refractivity contribution in [3.63, 3.8) is 0 Å². The molecule has 2 rings (SSSR count). The molecule has 0 saturated heterocycles. The van der Waals surface area contributed by atoms with Gasteiger partial charge in [-0.2, -0.15) is 0 Å². The second-order valence-corrected chi connectivity index (χ2v) is 5.26. The Kier molecular flexibility index (Phi) is 3.56. The molecule has 1 aromatic carbocycles. The Morgan fingerprint density at radius 2 is 1.88 bits per heavy atom. The Hall–Kier alpha value is -1.24. The van der Waals surface area contributed by atoms with Crippen LogP contribution >= 0.6 is 0 Å². The number of aryl methyl sites for hydroxylation is 1. The fourth-order valence-corrected chi connectivity index (χ4v) is 2.36. The van der Waals surface area contributed by atoms with E-state index < -0.39 is 0 Å². The van der Waals surface area contributed by atoms with Crippen molar-refractivity contribution in [1.82, 2.24) is 0 Å². The van der Waals surface area contributed by atoms with Crippen molar-refractivity contribution in [2.24, 2.45) is 0 Å². The Labute approximate surface area is 104 Å². The number of rotatable bonds is 2. The number of allylic oxidation sites excluding steroid dienone is 1. The zero-order chi connectivity index (χ0) is 12.4. The van der Waals surface area contributed by atoms with Crippen LogP contribution in [0.1, 0.15) is 42.0 Å². The summed E-state index contributed by atoms with van der Waals surface area (Å²) < 4.78 is 5.76. The smallest absolute Gasteiger partial charge is 0.102 e. The number of benzene rings is 1. The van der Waals surface area contributed by atoms with Gasteiger partial charge in [0.2, 0.25) is 0 Å². The summed E-state index contributed by atoms with van der Waals surface area (Å²) in [5, 5.41) is 0. The summed E-state index contributed by atoms with van der Waals surface area (Å²) in [6.45, 7) is 8.74. The van der Waals surface area contributed by atoms with Crippen LogP contribution in [-0.4, -0.2) is 6.10 Å². The Morgan fingerprint density at radius 1 is 1.12 bits per heavy atom. The van der Waals surface area contributed by atoms with E-state index in [1.807, 2.05) is 6.26 Å². The first kappa shape index (κ1) is 12.2. The van der Waals surface area contributed by atoms with Gasteiger partial charge in [0, 0.05) is 6.42 Å². The van der Waals surface area contributed by atoms with Gasteiger partial charge in [-0.3, -0.25) is 0 Å². The zero-order valence-corrected chi connectivity index (χ0v) is 11.3. The maximum atomic E-state index is 5.76. The first-order valence-electron chi connectivity index (χ1n) is 6.44. The fourth-order valence-electron chi connectivity index (χ4n) is 2.36. The molecule has 17 heavy (non-hydrogen) atoms. The molecule has 0 spiro atoms. The summed E-state index contributed by atoms with van der Waals surface area (Å²) in [4.78, 5) is 0. The normalized spacial score (nSPS) is 19.8. The SMILES string of the molecule is CC1=COC(Cc2ccc(C)c(C)c2C)CC1. The van der Waals surface area contributed by atoms with E-state index in [9.17, 15) is 0 Å². The van der Waals surface area contributed by atoms with Crippen molar-refractivity contribution in [3.05, 3.63) is 46.2 Å². The third-order valence-corrected chi connectivity index (χ3v) is 3.94. The average Bonchev–Trinajstić information content (AvgIpc) is 2.33. The van der Waals surface area contributed by atoms with Gasteiger partial charge in [0.15, 0.2) is 0 Å². The Morgan fingerprint density at radius 3 is 2.53 bits per heavy atom. The van der Waals surface area contributed by atoms with E-state index in [4.69, 9.17) is 4.74 Å². The van der Waals surface area contributed by atoms with Crippen LogP contribution in [0.2, 0.25) is 0 Å². The predicted molar refractivity (Wildman–Crippen MR) is 72.2 cm³/mol. The van der Waals surface area contributed by atoms with Crippen LogP contribution in [0.3, 0.4) is 0 Å². The molecule has 1 atom stereocenters. The highest BCUT2D eigenvalue weighted by Crippen LogP contribution is 2.23. The molecule has 1 aliphatic heterocycles. The highest BCUT2D eigenvalue weighted by atomic mass is 16.5. The molecule has 1 nitrogen and oxygen atoms in total. The molecule has 0 amide bonds. The summed E-state index contributed by atoms with van der Waals surface area (Å²) in [5.41, 5.74) is 7.03. The molecule has 0 aliphatic carbocycles. The maximum absolute atomic E-state index is 5.76. The summed E-state index contributed by atoms with van der Waals surface area (Å²) in [5.74, 6) is 0. The highest BCUT2D eigenvalue weighted by molar-refractivity contribution is 5.39. The van der Waals surface area contributed by atoms with E-state index in [-0.39, 0.29) is 0 Å². The van der Waals surface area contributed by atoms with E-state index >= 15 is 0 Å². The topological polar surface area (TPSA) is 9.23 Å². The van der Waals surface area contributed by atoms with Crippen LogP contribution in [0, 0.1) is 20.8 Å². The molecule has 0 fully saturated rings. The third kappa shape index (κ3) is 2.71. The van der Waals surface area contributed by atoms with Crippen molar-refractivity contribution < 1.29 is 4.74 Å². The van der Waals surface area contributed by atoms with Crippen molar-refractivity contribution >= 4 is 0 Å². The van der Waals surface area contributed by atoms with Crippen LogP contribution in [0.25, 0.3) is 0 Å². The van der Waals surface area contributed by atoms with Gasteiger partial charge < -0.3 is 4.74 Å². The van der Waals surface area contributed by atoms with Gasteiger partial charge in [0.05, 0.1) is 6.26 Å². The lowest BCUT2D eigenvalue weighted by Gasteiger charge is -2.23. The molecule has 0 saturated carbocycles. The largest absolute Gasteiger partial charge is 0.498 e. The molecule has 0 aromatic heterocycles. The van der Waals surface area contributed by atoms with E-state index in [1.54, 1.807) is 0 Å². The number of hydrogen-bond donors (Lipinski definition) is 0. The highest BCUT2D eigenvalue weighted by Gasteiger charge is 2.16. The van der Waals surface area contributed by atoms with Crippen molar-refractivity contribution in [2.75, 3.05) is 0 Å². The minimum absolute atomic E-state index is 0.361. The predicted octanol–water partition coefficient (Wildman–Crippen LogP) is 4.24. The van der Waals surface area contributed by atoms with Gasteiger partial charge in [0.25, 0.3) is 0 Å². The Bertz CT molecular complexity index is 443. The van der Waals surface area contributed by atoms with E-state index in [1.165, 1.54) is 34.2 Å². The molecular formula is C16H22O. The van der Waals surface area contributed by atoms with Crippen molar-refractivity contribution in [1.29, 1.82) is 0 Å². The molecule has 1 aliphatic rings. The molecule has 1 unspecified atom stereocenters. The van der Waals surface area contributed by atoms with Crippen LogP contribution in [0.15, 0.2) is 24.0 Å². The summed E-state index contributed by atoms with van der Waals surface area (Å²) >= 11 is 0. The lowest BCUT2D eigenvalue weighted by molar-refractivity contribution is 0.120. The van der Waals surface area contributed by atoms with Crippen molar-refractivity contribution in [3.8, 4) is 0 Å². The zero-order valence-electron chi connectivity index (χ0n) is 11.3. The van der Waals surface area contributed by atoms with Gasteiger partial charge in [-0.05, 0) is 68.4 Å². The molecule has 1 heterocycles. The molecule has 1 heteroatoms. The summed E-state index contributed by atoms with van der Waals surface area (Å²) in [6, 6.07) is 4.48. The Balaban J connectivity index is 2.12. The van der Waals surface area contributed by atoms with Gasteiger partial charge in [-0.25, -0.2) is 0 Å². The number of ether oxygens (including phenoxy) is 1. The van der Waals surface area contributed by atoms with E-state index in [0.717, 1.165) is 12.8 Å². The first-order valence-corrected chi connectivity index (χ1v) is 6.44. The lowest BCUT2D eigenvalue weighted by atomic mass is 9.93. The number of hydrogen-bond acceptors (Lipinski definition) is 1. The van der Waals surface area contributed by atoms with E-state index in [2.05, 4.69) is 39.8 Å². The molecule has 0 radical (unpaired) electrons. The van der Waals surface area contributed by atoms with Crippen molar-refractivity contribution in [2.45, 2.75) is 53.1 Å².